The molecule has 0 bridgehead atoms. The van der Waals surface area contributed by atoms with E-state index >= 15 is 0 Å². The summed E-state index contributed by atoms with van der Waals surface area (Å²) in [5.41, 5.74) is 1.41. The van der Waals surface area contributed by atoms with Crippen LogP contribution in [0.25, 0.3) is 0 Å². The number of carbonyl (C=O) groups excluding carboxylic acids is 2. The first-order chi connectivity index (χ1) is 14.6. The first-order valence-electron chi connectivity index (χ1n) is 10.3. The van der Waals surface area contributed by atoms with E-state index in [0.717, 1.165) is 11.1 Å². The van der Waals surface area contributed by atoms with Crippen molar-refractivity contribution in [2.45, 2.75) is 58.0 Å². The maximum absolute atomic E-state index is 13.3. The van der Waals surface area contributed by atoms with E-state index in [0.29, 0.717) is 22.2 Å². The number of thioether (sulfide) groups is 1. The Bertz CT molecular complexity index is 899. The number of nitrogens with zero attached hydrogens (tertiary/aromatic N) is 1. The maximum Gasteiger partial charge on any atom is 0.243 e. The molecule has 2 aromatic carbocycles. The van der Waals surface area contributed by atoms with Gasteiger partial charge in [-0.3, -0.25) is 9.59 Å². The van der Waals surface area contributed by atoms with Gasteiger partial charge in [0.1, 0.15) is 6.04 Å². The standard InChI is InChI=1S/C24H30Cl2N2O2S/c1-5-21(23(30)27-24(2,3)4)28(14-17-10-6-8-12-19(17)25)22(29)16-31-15-18-11-7-9-13-20(18)26/h6-13,21H,5,14-16H2,1-4H3,(H,27,30)/t21-/m0/s1. The van der Waals surface area contributed by atoms with E-state index in [4.69, 9.17) is 23.2 Å². The van der Waals surface area contributed by atoms with E-state index < -0.39 is 6.04 Å². The molecule has 1 atom stereocenters. The number of halogens is 2. The quantitative estimate of drug-likeness (QED) is 0.482. The van der Waals surface area contributed by atoms with Gasteiger partial charge in [-0.05, 0) is 50.5 Å². The minimum atomic E-state index is -0.580. The number of rotatable bonds is 9. The SMILES string of the molecule is CC[C@@H](C(=O)NC(C)(C)C)N(Cc1ccccc1Cl)C(=O)CSCc1ccccc1Cl. The van der Waals surface area contributed by atoms with Gasteiger partial charge in [-0.25, -0.2) is 0 Å². The Morgan fingerprint density at radius 3 is 2.06 bits per heavy atom. The van der Waals surface area contributed by atoms with Crippen molar-refractivity contribution in [3.05, 3.63) is 69.7 Å². The van der Waals surface area contributed by atoms with Crippen molar-refractivity contribution in [2.75, 3.05) is 5.75 Å². The molecule has 0 radical (unpaired) electrons. The zero-order valence-corrected chi connectivity index (χ0v) is 20.8. The summed E-state index contributed by atoms with van der Waals surface area (Å²) in [6.07, 6.45) is 0.507. The second kappa shape index (κ2) is 11.8. The lowest BCUT2D eigenvalue weighted by atomic mass is 10.1. The van der Waals surface area contributed by atoms with Gasteiger partial charge in [0.2, 0.25) is 11.8 Å². The minimum Gasteiger partial charge on any atom is -0.350 e. The zero-order chi connectivity index (χ0) is 23.0. The molecule has 0 spiro atoms. The van der Waals surface area contributed by atoms with Crippen molar-refractivity contribution in [1.29, 1.82) is 0 Å². The molecule has 0 aromatic heterocycles. The van der Waals surface area contributed by atoms with Crippen LogP contribution in [-0.4, -0.2) is 34.0 Å². The third-order valence-corrected chi connectivity index (χ3v) is 6.33. The van der Waals surface area contributed by atoms with Crippen molar-refractivity contribution < 1.29 is 9.59 Å². The van der Waals surface area contributed by atoms with Crippen LogP contribution in [0.1, 0.15) is 45.2 Å². The van der Waals surface area contributed by atoms with Crippen LogP contribution in [0.4, 0.5) is 0 Å². The van der Waals surface area contributed by atoms with Crippen LogP contribution >= 0.6 is 35.0 Å². The Kier molecular flexibility index (Phi) is 9.73. The van der Waals surface area contributed by atoms with Crippen LogP contribution in [0.5, 0.6) is 0 Å². The van der Waals surface area contributed by atoms with Crippen LogP contribution < -0.4 is 5.32 Å². The summed E-state index contributed by atoms with van der Waals surface area (Å²) in [6, 6.07) is 14.4. The van der Waals surface area contributed by atoms with Crippen LogP contribution in [0, 0.1) is 0 Å². The second-order valence-corrected chi connectivity index (χ2v) is 10.2. The predicted octanol–water partition coefficient (Wildman–Crippen LogP) is 5.95. The maximum atomic E-state index is 13.3. The lowest BCUT2D eigenvalue weighted by molar-refractivity contribution is -0.140. The number of hydrogen-bond donors (Lipinski definition) is 1. The molecule has 0 aliphatic carbocycles. The van der Waals surface area contributed by atoms with Crippen molar-refractivity contribution in [3.63, 3.8) is 0 Å². The highest BCUT2D eigenvalue weighted by molar-refractivity contribution is 7.99. The molecule has 1 N–H and O–H groups in total. The molecule has 0 unspecified atom stereocenters. The lowest BCUT2D eigenvalue weighted by Crippen LogP contribution is -2.53. The number of hydrogen-bond acceptors (Lipinski definition) is 3. The Morgan fingerprint density at radius 2 is 1.55 bits per heavy atom. The Hall–Kier alpha value is -1.69. The predicted molar refractivity (Wildman–Crippen MR) is 132 cm³/mol. The molecular formula is C24H30Cl2N2O2S. The fourth-order valence-electron chi connectivity index (χ4n) is 3.13. The Morgan fingerprint density at radius 1 is 1.00 bits per heavy atom. The smallest absolute Gasteiger partial charge is 0.243 e. The summed E-state index contributed by atoms with van der Waals surface area (Å²) < 4.78 is 0. The van der Waals surface area contributed by atoms with E-state index in [-0.39, 0.29) is 29.7 Å². The van der Waals surface area contributed by atoms with Crippen LogP contribution in [0.3, 0.4) is 0 Å². The average Bonchev–Trinajstić information content (AvgIpc) is 2.69. The van der Waals surface area contributed by atoms with Gasteiger partial charge in [-0.1, -0.05) is 66.5 Å². The van der Waals surface area contributed by atoms with Gasteiger partial charge in [0.05, 0.1) is 5.75 Å². The molecule has 0 heterocycles. The monoisotopic (exact) mass is 480 g/mol. The van der Waals surface area contributed by atoms with Gasteiger partial charge in [-0.2, -0.15) is 0 Å². The van der Waals surface area contributed by atoms with Crippen LogP contribution in [0.2, 0.25) is 10.0 Å². The molecule has 168 valence electrons. The third-order valence-electron chi connectivity index (χ3n) is 4.62. The minimum absolute atomic E-state index is 0.104. The highest BCUT2D eigenvalue weighted by Crippen LogP contribution is 2.23. The molecule has 0 saturated heterocycles. The molecular weight excluding hydrogens is 451 g/mol. The number of amides is 2. The van der Waals surface area contributed by atoms with Crippen LogP contribution in [-0.2, 0) is 21.9 Å². The van der Waals surface area contributed by atoms with Crippen molar-refractivity contribution in [3.8, 4) is 0 Å². The number of benzene rings is 2. The number of carbonyl (C=O) groups is 2. The molecule has 4 nitrogen and oxygen atoms in total. The summed E-state index contributed by atoms with van der Waals surface area (Å²) in [6.45, 7) is 7.98. The molecule has 0 aliphatic rings. The fourth-order valence-corrected chi connectivity index (χ4v) is 4.52. The van der Waals surface area contributed by atoms with Gasteiger partial charge < -0.3 is 10.2 Å². The molecule has 2 aromatic rings. The summed E-state index contributed by atoms with van der Waals surface area (Å²) in [4.78, 5) is 27.9. The van der Waals surface area contributed by atoms with Gasteiger partial charge >= 0.3 is 0 Å². The molecule has 2 rings (SSSR count). The second-order valence-electron chi connectivity index (χ2n) is 8.36. The Balaban J connectivity index is 2.19. The molecule has 31 heavy (non-hydrogen) atoms. The van der Waals surface area contributed by atoms with E-state index in [1.165, 1.54) is 11.8 Å². The highest BCUT2D eigenvalue weighted by Gasteiger charge is 2.30. The third kappa shape index (κ3) is 8.06. The van der Waals surface area contributed by atoms with Gasteiger partial charge in [0.15, 0.2) is 0 Å². The van der Waals surface area contributed by atoms with E-state index in [2.05, 4.69) is 5.32 Å². The van der Waals surface area contributed by atoms with Gasteiger partial charge in [0, 0.05) is 27.9 Å². The lowest BCUT2D eigenvalue weighted by Gasteiger charge is -2.33. The summed E-state index contributed by atoms with van der Waals surface area (Å²) in [5, 5.41) is 4.27. The normalized spacial score (nSPS) is 12.3. The van der Waals surface area contributed by atoms with E-state index in [1.54, 1.807) is 11.0 Å². The average molecular weight is 481 g/mol. The van der Waals surface area contributed by atoms with E-state index in [1.807, 2.05) is 70.2 Å². The van der Waals surface area contributed by atoms with Gasteiger partial charge in [0.25, 0.3) is 0 Å². The topological polar surface area (TPSA) is 49.4 Å². The first-order valence-corrected chi connectivity index (χ1v) is 12.2. The summed E-state index contributed by atoms with van der Waals surface area (Å²) in [5.74, 6) is 0.602. The largest absolute Gasteiger partial charge is 0.350 e. The summed E-state index contributed by atoms with van der Waals surface area (Å²) in [7, 11) is 0. The first kappa shape index (κ1) is 25.6. The van der Waals surface area contributed by atoms with Crippen molar-refractivity contribution in [1.82, 2.24) is 10.2 Å². The zero-order valence-electron chi connectivity index (χ0n) is 18.5. The van der Waals surface area contributed by atoms with Crippen molar-refractivity contribution in [2.24, 2.45) is 0 Å². The molecule has 7 heteroatoms. The number of nitrogens with one attached hydrogen (secondary N) is 1. The van der Waals surface area contributed by atoms with Crippen molar-refractivity contribution >= 4 is 46.8 Å². The molecule has 2 amide bonds. The Labute approximate surface area is 199 Å². The van der Waals surface area contributed by atoms with Crippen LogP contribution in [0.15, 0.2) is 48.5 Å². The fraction of sp³-hybridized carbons (Fsp3) is 0.417. The summed E-state index contributed by atoms with van der Waals surface area (Å²) >= 11 is 14.1. The molecule has 0 fully saturated rings. The van der Waals surface area contributed by atoms with Gasteiger partial charge in [-0.15, -0.1) is 11.8 Å². The molecule has 0 saturated carbocycles. The highest BCUT2D eigenvalue weighted by atomic mass is 35.5. The van der Waals surface area contributed by atoms with E-state index in [9.17, 15) is 9.59 Å². The molecule has 0 aliphatic heterocycles.